The van der Waals surface area contributed by atoms with Crippen molar-refractivity contribution in [1.82, 2.24) is 5.32 Å². The number of carbonyl (C=O) groups is 3. The number of nitrogens with zero attached hydrogens (tertiary/aromatic N) is 1. The molecule has 3 aromatic rings. The molecule has 1 atom stereocenters. The van der Waals surface area contributed by atoms with Crippen molar-refractivity contribution in [2.75, 3.05) is 25.0 Å². The van der Waals surface area contributed by atoms with Crippen LogP contribution in [0.25, 0.3) is 10.4 Å². The molecule has 1 aromatic heterocycles. The number of carboxylic acids is 2. The minimum absolute atomic E-state index is 0.0266. The minimum atomic E-state index is -1.25. The third-order valence-corrected chi connectivity index (χ3v) is 8.01. The fourth-order valence-electron chi connectivity index (χ4n) is 4.56. The van der Waals surface area contributed by atoms with Gasteiger partial charge in [0.25, 0.3) is 11.6 Å². The summed E-state index contributed by atoms with van der Waals surface area (Å²) >= 11 is 6.96. The van der Waals surface area contributed by atoms with Gasteiger partial charge in [-0.2, -0.15) is 0 Å². The molecule has 0 aliphatic carbocycles. The van der Waals surface area contributed by atoms with Gasteiger partial charge in [0, 0.05) is 27.4 Å². The fourth-order valence-corrected chi connectivity index (χ4v) is 5.82. The number of piperidine rings is 1. The first kappa shape index (κ1) is 29.8. The Morgan fingerprint density at radius 1 is 1.20 bits per heavy atom. The SMILES string of the molecule is Cc1c(-c2cccc(OC(C(=O)Nc3cc(Cl)ccc3[N+](=O)[O-])C3CCNCC3)c2)sc(C(=O)O)c1OCC(=O)O. The summed E-state index contributed by atoms with van der Waals surface area (Å²) in [6.07, 6.45) is 0.261. The Balaban J connectivity index is 1.65. The normalized spacial score (nSPS) is 14.2. The number of nitro groups is 1. The number of amides is 1. The average Bonchev–Trinajstić information content (AvgIpc) is 3.27. The van der Waals surface area contributed by atoms with Gasteiger partial charge in [0.15, 0.2) is 17.6 Å². The van der Waals surface area contributed by atoms with E-state index >= 15 is 0 Å². The summed E-state index contributed by atoms with van der Waals surface area (Å²) in [5.74, 6) is -2.97. The van der Waals surface area contributed by atoms with E-state index in [1.165, 1.54) is 18.2 Å². The predicted molar refractivity (Wildman–Crippen MR) is 151 cm³/mol. The maximum Gasteiger partial charge on any atom is 0.349 e. The summed E-state index contributed by atoms with van der Waals surface area (Å²) in [5.41, 5.74) is 0.671. The number of aromatic carboxylic acids is 1. The summed E-state index contributed by atoms with van der Waals surface area (Å²) < 4.78 is 11.5. The number of nitro benzene ring substituents is 1. The zero-order chi connectivity index (χ0) is 29.7. The topological polar surface area (TPSA) is 177 Å². The van der Waals surface area contributed by atoms with E-state index in [1.54, 1.807) is 31.2 Å². The summed E-state index contributed by atoms with van der Waals surface area (Å²) in [6, 6.07) is 10.6. The lowest BCUT2D eigenvalue weighted by atomic mass is 9.91. The number of benzene rings is 2. The molecular weight excluding hydrogens is 578 g/mol. The third kappa shape index (κ3) is 7.12. The lowest BCUT2D eigenvalue weighted by molar-refractivity contribution is -0.383. The molecule has 1 amide bonds. The lowest BCUT2D eigenvalue weighted by Crippen LogP contribution is -2.44. The smallest absolute Gasteiger partial charge is 0.349 e. The number of hydrogen-bond donors (Lipinski definition) is 4. The van der Waals surface area contributed by atoms with Crippen molar-refractivity contribution in [1.29, 1.82) is 0 Å². The van der Waals surface area contributed by atoms with Crippen LogP contribution in [0.15, 0.2) is 42.5 Å². The van der Waals surface area contributed by atoms with Gasteiger partial charge in [0.05, 0.1) is 4.92 Å². The van der Waals surface area contributed by atoms with E-state index in [1.807, 2.05) is 0 Å². The summed E-state index contributed by atoms with van der Waals surface area (Å²) in [7, 11) is 0. The molecule has 41 heavy (non-hydrogen) atoms. The average molecular weight is 604 g/mol. The van der Waals surface area contributed by atoms with Gasteiger partial charge >= 0.3 is 11.9 Å². The van der Waals surface area contributed by atoms with E-state index in [-0.39, 0.29) is 32.9 Å². The minimum Gasteiger partial charge on any atom is -0.480 e. The van der Waals surface area contributed by atoms with Crippen molar-refractivity contribution < 1.29 is 39.0 Å². The van der Waals surface area contributed by atoms with Crippen molar-refractivity contribution in [2.24, 2.45) is 5.92 Å². The molecule has 2 heterocycles. The van der Waals surface area contributed by atoms with Gasteiger partial charge < -0.3 is 30.3 Å². The van der Waals surface area contributed by atoms with Crippen LogP contribution in [-0.4, -0.2) is 58.8 Å². The van der Waals surface area contributed by atoms with Crippen LogP contribution in [0.3, 0.4) is 0 Å². The molecule has 1 aliphatic rings. The van der Waals surface area contributed by atoms with E-state index < -0.39 is 35.5 Å². The molecule has 0 bridgehead atoms. The van der Waals surface area contributed by atoms with Gasteiger partial charge in [-0.15, -0.1) is 11.3 Å². The Morgan fingerprint density at radius 2 is 1.93 bits per heavy atom. The number of rotatable bonds is 11. The standard InChI is InChI=1S/C27H26ClN3O9S/c1-14-22(39-13-21(32)33)25(27(35)36)41-24(14)16-3-2-4-18(11-16)40-23(15-7-9-29-10-8-15)26(34)30-19-12-17(28)5-6-20(19)31(37)38/h2-6,11-12,15,23,29H,7-10,13H2,1H3,(H,30,34)(H,32,33)(H,35,36). The zero-order valence-corrected chi connectivity index (χ0v) is 23.3. The largest absolute Gasteiger partial charge is 0.480 e. The summed E-state index contributed by atoms with van der Waals surface area (Å²) in [4.78, 5) is 47.6. The first-order valence-corrected chi connectivity index (χ1v) is 13.7. The highest BCUT2D eigenvalue weighted by molar-refractivity contribution is 7.18. The molecule has 0 radical (unpaired) electrons. The van der Waals surface area contributed by atoms with Crippen LogP contribution in [0.1, 0.15) is 28.1 Å². The number of halogens is 1. The molecule has 1 unspecified atom stereocenters. The molecule has 1 saturated heterocycles. The molecule has 14 heteroatoms. The zero-order valence-electron chi connectivity index (χ0n) is 21.7. The number of aliphatic carboxylic acids is 1. The van der Waals surface area contributed by atoms with Crippen molar-refractivity contribution in [3.05, 3.63) is 68.0 Å². The summed E-state index contributed by atoms with van der Waals surface area (Å²) in [5, 5.41) is 36.2. The van der Waals surface area contributed by atoms with Gasteiger partial charge in [0.1, 0.15) is 17.2 Å². The van der Waals surface area contributed by atoms with Crippen molar-refractivity contribution >= 4 is 52.2 Å². The highest BCUT2D eigenvalue weighted by Crippen LogP contribution is 2.42. The van der Waals surface area contributed by atoms with Gasteiger partial charge in [-0.05, 0) is 62.7 Å². The number of anilines is 1. The predicted octanol–water partition coefficient (Wildman–Crippen LogP) is 4.83. The van der Waals surface area contributed by atoms with E-state index in [9.17, 15) is 29.6 Å². The number of nitrogens with one attached hydrogen (secondary N) is 2. The van der Waals surface area contributed by atoms with Crippen molar-refractivity contribution in [2.45, 2.75) is 25.9 Å². The highest BCUT2D eigenvalue weighted by Gasteiger charge is 2.33. The molecule has 0 spiro atoms. The van der Waals surface area contributed by atoms with Crippen LogP contribution in [0.2, 0.25) is 5.02 Å². The Kier molecular flexibility index (Phi) is 9.42. The first-order chi connectivity index (χ1) is 19.5. The molecule has 1 aliphatic heterocycles. The number of thiophene rings is 1. The number of carboxylic acid groups (broad SMARTS) is 2. The van der Waals surface area contributed by atoms with Crippen LogP contribution in [0.4, 0.5) is 11.4 Å². The summed E-state index contributed by atoms with van der Waals surface area (Å²) in [6.45, 7) is 2.27. The van der Waals surface area contributed by atoms with Crippen molar-refractivity contribution in [3.63, 3.8) is 0 Å². The Morgan fingerprint density at radius 3 is 2.59 bits per heavy atom. The molecular formula is C27H26ClN3O9S. The second-order valence-electron chi connectivity index (χ2n) is 9.26. The molecule has 4 N–H and O–H groups in total. The van der Waals surface area contributed by atoms with Crippen molar-refractivity contribution in [3.8, 4) is 21.9 Å². The lowest BCUT2D eigenvalue weighted by Gasteiger charge is -2.30. The maximum atomic E-state index is 13.5. The molecule has 4 rings (SSSR count). The van der Waals surface area contributed by atoms with Gasteiger partial charge in [0.2, 0.25) is 0 Å². The van der Waals surface area contributed by atoms with Gasteiger partial charge in [-0.25, -0.2) is 9.59 Å². The Hall–Kier alpha value is -4.20. The van der Waals surface area contributed by atoms with Crippen LogP contribution < -0.4 is 20.1 Å². The van der Waals surface area contributed by atoms with Gasteiger partial charge in [-0.3, -0.25) is 14.9 Å². The second-order valence-corrected chi connectivity index (χ2v) is 10.7. The fraction of sp³-hybridized carbons (Fsp3) is 0.296. The Labute approximate surface area is 243 Å². The van der Waals surface area contributed by atoms with Gasteiger partial charge in [-0.1, -0.05) is 23.7 Å². The maximum absolute atomic E-state index is 13.5. The van der Waals surface area contributed by atoms with E-state index in [4.69, 9.17) is 26.2 Å². The monoisotopic (exact) mass is 603 g/mol. The quantitative estimate of drug-likeness (QED) is 0.175. The van der Waals surface area contributed by atoms with Crippen LogP contribution >= 0.6 is 22.9 Å². The van der Waals surface area contributed by atoms with E-state index in [0.29, 0.717) is 47.7 Å². The van der Waals surface area contributed by atoms with E-state index in [2.05, 4.69) is 10.6 Å². The van der Waals surface area contributed by atoms with E-state index in [0.717, 1.165) is 11.3 Å². The molecule has 216 valence electrons. The highest BCUT2D eigenvalue weighted by atomic mass is 35.5. The number of hydrogen-bond acceptors (Lipinski definition) is 9. The van der Waals surface area contributed by atoms with Crippen LogP contribution in [0.5, 0.6) is 11.5 Å². The third-order valence-electron chi connectivity index (χ3n) is 6.47. The first-order valence-electron chi connectivity index (χ1n) is 12.5. The molecule has 0 saturated carbocycles. The van der Waals surface area contributed by atoms with Crippen LogP contribution in [-0.2, 0) is 9.59 Å². The number of ether oxygens (including phenoxy) is 2. The molecule has 1 fully saturated rings. The second kappa shape index (κ2) is 13.0. The molecule has 12 nitrogen and oxygen atoms in total. The Bertz CT molecular complexity index is 1490. The number of carbonyl (C=O) groups excluding carboxylic acids is 1. The van der Waals surface area contributed by atoms with Crippen LogP contribution in [0, 0.1) is 23.0 Å². The molecule has 2 aromatic carbocycles.